The standard InChI is InChI=1S/C33H41N7O4.CH2O2/c1-23-21-27(29-24(2)36-37(3)31(29)35-23)32(41)40-14-5-4-13-39(33(42)28-11-7-19-44-28)15-8-20-43-26-10-6-9-25(22-26)30-34-12-16-38(30)17-18-40;2-1-3/h6,9-10,12,16,21-22,28H,4-5,7-8,11,13-15,17-20H2,1-3H3;1H,(H,2,3)/t28-;/m1./s1. The Balaban J connectivity index is 0.00000139. The lowest BCUT2D eigenvalue weighted by Crippen LogP contribution is -2.41. The molecule has 1 atom stereocenters. The number of pyridine rings is 1. The maximum absolute atomic E-state index is 14.3. The number of carboxylic acid groups (broad SMARTS) is 1. The van der Waals surface area contributed by atoms with E-state index >= 15 is 0 Å². The molecule has 13 nitrogen and oxygen atoms in total. The van der Waals surface area contributed by atoms with Crippen molar-refractivity contribution in [3.8, 4) is 17.1 Å². The van der Waals surface area contributed by atoms with Gasteiger partial charge in [-0.05, 0) is 64.2 Å². The first-order valence-corrected chi connectivity index (χ1v) is 16.1. The van der Waals surface area contributed by atoms with Gasteiger partial charge >= 0.3 is 0 Å². The van der Waals surface area contributed by atoms with Crippen molar-refractivity contribution in [2.24, 2.45) is 7.05 Å². The van der Waals surface area contributed by atoms with E-state index < -0.39 is 0 Å². The van der Waals surface area contributed by atoms with E-state index in [9.17, 15) is 9.59 Å². The highest BCUT2D eigenvalue weighted by atomic mass is 16.5. The smallest absolute Gasteiger partial charge is 0.290 e. The van der Waals surface area contributed by atoms with E-state index in [0.29, 0.717) is 63.6 Å². The fourth-order valence-electron chi connectivity index (χ4n) is 6.29. The number of amides is 2. The Hall–Kier alpha value is -4.78. The van der Waals surface area contributed by atoms with Crippen LogP contribution in [0, 0.1) is 13.8 Å². The van der Waals surface area contributed by atoms with Crippen LogP contribution < -0.4 is 4.74 Å². The number of aromatic nitrogens is 5. The number of hydrogen-bond acceptors (Lipinski definition) is 8. The van der Waals surface area contributed by atoms with Crippen LogP contribution in [0.5, 0.6) is 5.75 Å². The highest BCUT2D eigenvalue weighted by molar-refractivity contribution is 6.06. The van der Waals surface area contributed by atoms with Crippen molar-refractivity contribution in [1.82, 2.24) is 34.1 Å². The minimum absolute atomic E-state index is 0.0427. The van der Waals surface area contributed by atoms with Crippen LogP contribution >= 0.6 is 0 Å². The van der Waals surface area contributed by atoms with Crippen molar-refractivity contribution in [2.75, 3.05) is 39.4 Å². The molecular weight excluding hydrogens is 602 g/mol. The Bertz CT molecular complexity index is 1690. The highest BCUT2D eigenvalue weighted by Gasteiger charge is 2.28. The van der Waals surface area contributed by atoms with Crippen molar-refractivity contribution in [1.29, 1.82) is 0 Å². The van der Waals surface area contributed by atoms with Crippen molar-refractivity contribution in [3.05, 3.63) is 59.7 Å². The number of imidazole rings is 1. The van der Waals surface area contributed by atoms with E-state index in [-0.39, 0.29) is 24.4 Å². The predicted octanol–water partition coefficient (Wildman–Crippen LogP) is 3.86. The largest absolute Gasteiger partial charge is 0.494 e. The third-order valence-corrected chi connectivity index (χ3v) is 8.50. The summed E-state index contributed by atoms with van der Waals surface area (Å²) in [7, 11) is 1.86. The number of hydrogen-bond donors (Lipinski definition) is 1. The summed E-state index contributed by atoms with van der Waals surface area (Å²) in [5.41, 5.74) is 3.83. The number of carbonyl (C=O) groups is 3. The molecule has 250 valence electrons. The molecule has 6 rings (SSSR count). The van der Waals surface area contributed by atoms with Gasteiger partial charge < -0.3 is 28.9 Å². The first-order valence-electron chi connectivity index (χ1n) is 16.1. The van der Waals surface area contributed by atoms with E-state index in [1.807, 2.05) is 67.2 Å². The van der Waals surface area contributed by atoms with Gasteiger partial charge in [-0.2, -0.15) is 5.10 Å². The van der Waals surface area contributed by atoms with E-state index in [4.69, 9.17) is 19.4 Å². The third-order valence-electron chi connectivity index (χ3n) is 8.50. The molecule has 13 heteroatoms. The molecule has 0 spiro atoms. The Labute approximate surface area is 274 Å². The van der Waals surface area contributed by atoms with Crippen LogP contribution in [-0.4, -0.2) is 103 Å². The second-order valence-corrected chi connectivity index (χ2v) is 11.8. The fourth-order valence-corrected chi connectivity index (χ4v) is 6.29. The van der Waals surface area contributed by atoms with E-state index in [0.717, 1.165) is 59.6 Å². The summed E-state index contributed by atoms with van der Waals surface area (Å²) >= 11 is 0. The second-order valence-electron chi connectivity index (χ2n) is 11.8. The van der Waals surface area contributed by atoms with Gasteiger partial charge in [-0.3, -0.25) is 19.1 Å². The topological polar surface area (TPSA) is 145 Å². The molecule has 1 saturated heterocycles. The van der Waals surface area contributed by atoms with Gasteiger partial charge in [0.1, 0.15) is 17.7 Å². The molecule has 0 saturated carbocycles. The van der Waals surface area contributed by atoms with Crippen LogP contribution in [0.3, 0.4) is 0 Å². The molecule has 3 aromatic heterocycles. The van der Waals surface area contributed by atoms with Crippen molar-refractivity contribution in [3.63, 3.8) is 0 Å². The van der Waals surface area contributed by atoms with Crippen LogP contribution in [0.4, 0.5) is 0 Å². The van der Waals surface area contributed by atoms with E-state index in [2.05, 4.69) is 19.6 Å². The predicted molar refractivity (Wildman–Crippen MR) is 175 cm³/mol. The second kappa shape index (κ2) is 15.7. The molecular formula is C34H43N7O6. The van der Waals surface area contributed by atoms with Gasteiger partial charge in [0.15, 0.2) is 5.65 Å². The van der Waals surface area contributed by atoms with Crippen LogP contribution in [0.2, 0.25) is 0 Å². The monoisotopic (exact) mass is 645 g/mol. The minimum Gasteiger partial charge on any atom is -0.494 e. The number of aryl methyl sites for hydroxylation is 3. The van der Waals surface area contributed by atoms with Gasteiger partial charge in [-0.25, -0.2) is 9.97 Å². The number of carbonyl (C=O) groups excluding carboxylic acids is 2. The summed E-state index contributed by atoms with van der Waals surface area (Å²) < 4.78 is 15.7. The quantitative estimate of drug-likeness (QED) is 0.321. The zero-order valence-electron chi connectivity index (χ0n) is 27.3. The fraction of sp³-hybridized carbons (Fsp3) is 0.471. The van der Waals surface area contributed by atoms with Crippen molar-refractivity contribution in [2.45, 2.75) is 58.6 Å². The lowest BCUT2D eigenvalue weighted by atomic mass is 10.1. The molecule has 0 radical (unpaired) electrons. The zero-order chi connectivity index (χ0) is 33.3. The molecule has 47 heavy (non-hydrogen) atoms. The van der Waals surface area contributed by atoms with Crippen molar-refractivity contribution < 1.29 is 29.0 Å². The SMILES string of the molecule is Cc1cc(C(=O)N2CCCCN(C(=O)[C@H]3CCCO3)CCCOc3cccc(c3)-c3nccn3CC2)c2c(C)nn(C)c2n1.O=CO. The van der Waals surface area contributed by atoms with Gasteiger partial charge in [0.25, 0.3) is 18.3 Å². The van der Waals surface area contributed by atoms with Gasteiger partial charge in [0.05, 0.1) is 23.3 Å². The van der Waals surface area contributed by atoms with Gasteiger partial charge in [-0.1, -0.05) is 12.1 Å². The number of ether oxygens (including phenoxy) is 2. The lowest BCUT2D eigenvalue weighted by molar-refractivity contribution is -0.141. The summed E-state index contributed by atoms with van der Waals surface area (Å²) in [5, 5.41) is 12.2. The maximum Gasteiger partial charge on any atom is 0.290 e. The molecule has 4 aromatic rings. The molecule has 2 aliphatic rings. The number of fused-ring (bicyclic) bond motifs is 5. The zero-order valence-corrected chi connectivity index (χ0v) is 27.3. The number of rotatable bonds is 2. The Kier molecular flexibility index (Phi) is 11.2. The molecule has 1 fully saturated rings. The van der Waals surface area contributed by atoms with Gasteiger partial charge in [0.2, 0.25) is 0 Å². The van der Waals surface area contributed by atoms with Gasteiger partial charge in [-0.15, -0.1) is 0 Å². The minimum atomic E-state index is -0.359. The molecule has 2 amide bonds. The summed E-state index contributed by atoms with van der Waals surface area (Å²) in [6.07, 6.45) is 7.31. The highest BCUT2D eigenvalue weighted by Crippen LogP contribution is 2.25. The average Bonchev–Trinajstić information content (AvgIpc) is 3.82. The van der Waals surface area contributed by atoms with E-state index in [1.165, 1.54) is 0 Å². The molecule has 0 unspecified atom stereocenters. The van der Waals surface area contributed by atoms with E-state index in [1.54, 1.807) is 10.9 Å². The third kappa shape index (κ3) is 7.97. The maximum atomic E-state index is 14.3. The Morgan fingerprint density at radius 2 is 1.74 bits per heavy atom. The molecule has 2 bridgehead atoms. The molecule has 2 aliphatic heterocycles. The Morgan fingerprint density at radius 3 is 2.51 bits per heavy atom. The Morgan fingerprint density at radius 1 is 0.979 bits per heavy atom. The molecule has 1 N–H and O–H groups in total. The first-order chi connectivity index (χ1) is 22.8. The summed E-state index contributed by atoms with van der Waals surface area (Å²) in [6, 6.07) is 9.80. The lowest BCUT2D eigenvalue weighted by Gasteiger charge is -2.27. The first kappa shape index (κ1) is 33.6. The van der Waals surface area contributed by atoms with Crippen LogP contribution in [0.15, 0.2) is 42.7 Å². The summed E-state index contributed by atoms with van der Waals surface area (Å²) in [4.78, 5) is 49.1. The number of nitrogens with zero attached hydrogens (tertiary/aromatic N) is 7. The van der Waals surface area contributed by atoms with Crippen LogP contribution in [0.25, 0.3) is 22.4 Å². The normalized spacial score (nSPS) is 17.6. The van der Waals surface area contributed by atoms with Crippen LogP contribution in [0.1, 0.15) is 53.8 Å². The van der Waals surface area contributed by atoms with Crippen LogP contribution in [-0.2, 0) is 27.9 Å². The average molecular weight is 646 g/mol. The van der Waals surface area contributed by atoms with Gasteiger partial charge in [0, 0.05) is 70.0 Å². The summed E-state index contributed by atoms with van der Waals surface area (Å²) in [5.74, 6) is 1.60. The molecule has 0 aliphatic carbocycles. The molecule has 1 aromatic carbocycles. The molecule has 5 heterocycles. The summed E-state index contributed by atoms with van der Waals surface area (Å²) in [6.45, 7) is 7.56. The number of benzene rings is 1. The van der Waals surface area contributed by atoms with Crippen molar-refractivity contribution >= 4 is 29.3 Å².